The fraction of sp³-hybridized carbons (Fsp3) is 0.579. The Bertz CT molecular complexity index is 901. The first kappa shape index (κ1) is 19.2. The number of nitrogens with one attached hydrogen (secondary N) is 1. The molecule has 1 aromatic rings. The lowest BCUT2D eigenvalue weighted by atomic mass is 9.99. The van der Waals surface area contributed by atoms with Gasteiger partial charge < -0.3 is 15.0 Å². The zero-order valence-corrected chi connectivity index (χ0v) is 16.7. The van der Waals surface area contributed by atoms with Gasteiger partial charge in [-0.15, -0.1) is 0 Å². The summed E-state index contributed by atoms with van der Waals surface area (Å²) in [5.74, 6) is 0.484. The molecule has 1 aromatic carbocycles. The smallest absolute Gasteiger partial charge is 0.265 e. The topological polar surface area (TPSA) is 96.0 Å². The number of piperidine rings is 1. The summed E-state index contributed by atoms with van der Waals surface area (Å²) in [4.78, 5) is 25.7. The first-order valence-corrected chi connectivity index (χ1v) is 11.2. The molecule has 0 radical (unpaired) electrons. The average Bonchev–Trinajstić information content (AvgIpc) is 3.07. The third-order valence-electron chi connectivity index (χ3n) is 5.65. The van der Waals surface area contributed by atoms with Crippen molar-refractivity contribution in [2.45, 2.75) is 43.6 Å². The summed E-state index contributed by atoms with van der Waals surface area (Å²) in [6.07, 6.45) is 2.56. The number of rotatable bonds is 4. The summed E-state index contributed by atoms with van der Waals surface area (Å²) in [5, 5.41) is 2.70. The van der Waals surface area contributed by atoms with E-state index in [-0.39, 0.29) is 22.6 Å². The zero-order valence-electron chi connectivity index (χ0n) is 15.9. The molecule has 0 saturated carbocycles. The Morgan fingerprint density at radius 3 is 2.79 bits per heavy atom. The fourth-order valence-corrected chi connectivity index (χ4v) is 5.68. The van der Waals surface area contributed by atoms with Crippen LogP contribution >= 0.6 is 0 Å². The maximum atomic E-state index is 13.2. The molecule has 1 N–H and O–H groups in total. The van der Waals surface area contributed by atoms with E-state index in [1.807, 2.05) is 4.90 Å². The molecule has 0 aliphatic carbocycles. The van der Waals surface area contributed by atoms with E-state index in [9.17, 15) is 18.0 Å². The maximum absolute atomic E-state index is 13.2. The van der Waals surface area contributed by atoms with E-state index in [0.29, 0.717) is 37.5 Å². The highest BCUT2D eigenvalue weighted by atomic mass is 32.2. The van der Waals surface area contributed by atoms with E-state index in [4.69, 9.17) is 4.74 Å². The molecule has 4 rings (SSSR count). The van der Waals surface area contributed by atoms with Crippen molar-refractivity contribution >= 4 is 27.5 Å². The quantitative estimate of drug-likeness (QED) is 0.815. The van der Waals surface area contributed by atoms with Gasteiger partial charge in [0.1, 0.15) is 5.75 Å². The summed E-state index contributed by atoms with van der Waals surface area (Å²) in [6, 6.07) is 4.57. The lowest BCUT2D eigenvalue weighted by molar-refractivity contribution is -0.128. The van der Waals surface area contributed by atoms with E-state index in [2.05, 4.69) is 5.32 Å². The molecule has 2 fully saturated rings. The Kier molecular flexibility index (Phi) is 5.05. The molecule has 8 nitrogen and oxygen atoms in total. The predicted molar refractivity (Wildman–Crippen MR) is 102 cm³/mol. The second-order valence-corrected chi connectivity index (χ2v) is 9.66. The lowest BCUT2D eigenvalue weighted by Crippen LogP contribution is -2.44. The molecule has 9 heteroatoms. The molecule has 2 amide bonds. The third kappa shape index (κ3) is 3.60. The minimum Gasteiger partial charge on any atom is -0.479 e. The van der Waals surface area contributed by atoms with Crippen LogP contribution in [-0.4, -0.2) is 61.7 Å². The largest absolute Gasteiger partial charge is 0.479 e. The Hall–Kier alpha value is -2.13. The van der Waals surface area contributed by atoms with Crippen molar-refractivity contribution in [3.05, 3.63) is 18.2 Å². The van der Waals surface area contributed by atoms with Crippen molar-refractivity contribution in [3.63, 3.8) is 0 Å². The Morgan fingerprint density at radius 2 is 2.04 bits per heavy atom. The average molecular weight is 407 g/mol. The monoisotopic (exact) mass is 407 g/mol. The second kappa shape index (κ2) is 7.36. The first-order chi connectivity index (χ1) is 13.3. The van der Waals surface area contributed by atoms with Crippen molar-refractivity contribution < 1.29 is 22.7 Å². The second-order valence-electron chi connectivity index (χ2n) is 7.72. The van der Waals surface area contributed by atoms with Crippen LogP contribution in [0.5, 0.6) is 5.75 Å². The van der Waals surface area contributed by atoms with Crippen LogP contribution in [0.2, 0.25) is 0 Å². The molecule has 0 spiro atoms. The number of hydrogen-bond acceptors (Lipinski definition) is 5. The first-order valence-electron chi connectivity index (χ1n) is 9.74. The van der Waals surface area contributed by atoms with E-state index in [1.54, 1.807) is 13.0 Å². The highest BCUT2D eigenvalue weighted by molar-refractivity contribution is 7.89. The van der Waals surface area contributed by atoms with Crippen LogP contribution in [0.4, 0.5) is 5.69 Å². The van der Waals surface area contributed by atoms with Crippen LogP contribution in [0.15, 0.2) is 23.1 Å². The number of benzene rings is 1. The number of anilines is 1. The summed E-state index contributed by atoms with van der Waals surface area (Å²) in [7, 11) is -3.68. The van der Waals surface area contributed by atoms with Gasteiger partial charge in [0, 0.05) is 32.6 Å². The molecule has 2 atom stereocenters. The Morgan fingerprint density at radius 1 is 1.21 bits per heavy atom. The predicted octanol–water partition coefficient (Wildman–Crippen LogP) is 1.43. The Balaban J connectivity index is 1.50. The van der Waals surface area contributed by atoms with Crippen molar-refractivity contribution in [2.75, 3.05) is 31.5 Å². The summed E-state index contributed by atoms with van der Waals surface area (Å²) >= 11 is 0. The van der Waals surface area contributed by atoms with Gasteiger partial charge in [0.05, 0.1) is 10.6 Å². The molecular formula is C19H25N3O5S. The minimum atomic E-state index is -3.68. The van der Waals surface area contributed by atoms with Crippen molar-refractivity contribution in [1.29, 1.82) is 0 Å². The van der Waals surface area contributed by atoms with Crippen LogP contribution in [0.1, 0.15) is 32.6 Å². The molecule has 152 valence electrons. The lowest BCUT2D eigenvalue weighted by Gasteiger charge is -2.34. The number of amides is 2. The van der Waals surface area contributed by atoms with Gasteiger partial charge in [-0.05, 0) is 50.3 Å². The van der Waals surface area contributed by atoms with Gasteiger partial charge in [-0.25, -0.2) is 8.42 Å². The molecule has 2 saturated heterocycles. The molecule has 3 aliphatic heterocycles. The number of carbonyl (C=O) groups is 2. The van der Waals surface area contributed by atoms with Crippen LogP contribution in [0, 0.1) is 5.92 Å². The SMILES string of the molecule is C[C@H]1Oc2ccc(S(=O)(=O)N3CCC[C@H](CN4CCCC4=O)C3)cc2NC1=O. The van der Waals surface area contributed by atoms with Crippen LogP contribution in [0.3, 0.4) is 0 Å². The van der Waals surface area contributed by atoms with E-state index >= 15 is 0 Å². The number of ether oxygens (including phenoxy) is 1. The summed E-state index contributed by atoms with van der Waals surface area (Å²) < 4.78 is 33.3. The van der Waals surface area contributed by atoms with Gasteiger partial charge in [-0.2, -0.15) is 4.31 Å². The van der Waals surface area contributed by atoms with Crippen molar-refractivity contribution in [3.8, 4) is 5.75 Å². The number of likely N-dealkylation sites (tertiary alicyclic amines) is 1. The third-order valence-corrected chi connectivity index (χ3v) is 7.51. The highest BCUT2D eigenvalue weighted by Gasteiger charge is 2.33. The molecule has 0 bridgehead atoms. The minimum absolute atomic E-state index is 0.141. The van der Waals surface area contributed by atoms with E-state index < -0.39 is 16.1 Å². The summed E-state index contributed by atoms with van der Waals surface area (Å²) in [6.45, 7) is 3.90. The normalized spacial score (nSPS) is 26.0. The highest BCUT2D eigenvalue weighted by Crippen LogP contribution is 2.33. The maximum Gasteiger partial charge on any atom is 0.265 e. The van der Waals surface area contributed by atoms with Gasteiger partial charge in [-0.1, -0.05) is 0 Å². The van der Waals surface area contributed by atoms with Crippen LogP contribution < -0.4 is 10.1 Å². The molecular weight excluding hydrogens is 382 g/mol. The number of fused-ring (bicyclic) bond motifs is 1. The van der Waals surface area contributed by atoms with Crippen LogP contribution in [-0.2, 0) is 19.6 Å². The number of hydrogen-bond donors (Lipinski definition) is 1. The fourth-order valence-electron chi connectivity index (χ4n) is 4.10. The summed E-state index contributed by atoms with van der Waals surface area (Å²) in [5.41, 5.74) is 0.375. The van der Waals surface area contributed by atoms with Crippen molar-refractivity contribution in [2.24, 2.45) is 5.92 Å². The molecule has 28 heavy (non-hydrogen) atoms. The van der Waals surface area contributed by atoms with Gasteiger partial charge >= 0.3 is 0 Å². The van der Waals surface area contributed by atoms with Gasteiger partial charge in [0.2, 0.25) is 15.9 Å². The number of nitrogens with zero attached hydrogens (tertiary/aromatic N) is 2. The molecule has 3 heterocycles. The molecule has 3 aliphatic rings. The van der Waals surface area contributed by atoms with Gasteiger partial charge in [-0.3, -0.25) is 9.59 Å². The van der Waals surface area contributed by atoms with Gasteiger partial charge in [0.25, 0.3) is 5.91 Å². The van der Waals surface area contributed by atoms with Crippen LogP contribution in [0.25, 0.3) is 0 Å². The Labute approximate surface area is 164 Å². The zero-order chi connectivity index (χ0) is 19.9. The van der Waals surface area contributed by atoms with Gasteiger partial charge in [0.15, 0.2) is 6.10 Å². The van der Waals surface area contributed by atoms with E-state index in [0.717, 1.165) is 25.8 Å². The standard InChI is InChI=1S/C19H25N3O5S/c1-13-19(24)20-16-10-15(6-7-17(16)27-13)28(25,26)22-9-2-4-14(12-22)11-21-8-3-5-18(21)23/h6-7,10,13-14H,2-5,8-9,11-12H2,1H3,(H,20,24)/t13-,14-/m1/s1. The van der Waals surface area contributed by atoms with Crippen molar-refractivity contribution in [1.82, 2.24) is 9.21 Å². The number of sulfonamides is 1. The van der Waals surface area contributed by atoms with E-state index in [1.165, 1.54) is 16.4 Å². The molecule has 0 unspecified atom stereocenters. The number of carbonyl (C=O) groups excluding carboxylic acids is 2. The molecule has 0 aromatic heterocycles.